The molecule has 0 saturated carbocycles. The van der Waals surface area contributed by atoms with Crippen molar-refractivity contribution in [2.75, 3.05) is 0 Å². The van der Waals surface area contributed by atoms with Gasteiger partial charge in [0.2, 0.25) is 0 Å². The highest BCUT2D eigenvalue weighted by molar-refractivity contribution is 14.1. The van der Waals surface area contributed by atoms with Gasteiger partial charge in [-0.05, 0) is 59.3 Å². The van der Waals surface area contributed by atoms with Gasteiger partial charge in [-0.15, -0.1) is 0 Å². The van der Waals surface area contributed by atoms with Crippen molar-refractivity contribution in [2.45, 2.75) is 19.5 Å². The molecule has 0 saturated heterocycles. The second-order valence-electron chi connectivity index (χ2n) is 3.98. The number of nitrogens with one attached hydrogen (secondary N) is 1. The highest BCUT2D eigenvalue weighted by Crippen LogP contribution is 2.11. The van der Waals surface area contributed by atoms with E-state index >= 15 is 0 Å². The SMILES string of the molecule is C[C@H](NCc1ccc(I)cc1)c1ccccn1. The maximum Gasteiger partial charge on any atom is 0.0570 e. The highest BCUT2D eigenvalue weighted by atomic mass is 127. The summed E-state index contributed by atoms with van der Waals surface area (Å²) in [6, 6.07) is 14.8. The van der Waals surface area contributed by atoms with Crippen molar-refractivity contribution < 1.29 is 0 Å². The molecule has 0 amide bonds. The Bertz CT molecular complexity index is 453. The lowest BCUT2D eigenvalue weighted by molar-refractivity contribution is 0.561. The number of pyridine rings is 1. The summed E-state index contributed by atoms with van der Waals surface area (Å²) in [6.07, 6.45) is 1.83. The minimum Gasteiger partial charge on any atom is -0.305 e. The highest BCUT2D eigenvalue weighted by Gasteiger charge is 2.04. The lowest BCUT2D eigenvalue weighted by Crippen LogP contribution is -2.18. The van der Waals surface area contributed by atoms with Gasteiger partial charge in [-0.2, -0.15) is 0 Å². The number of hydrogen-bond acceptors (Lipinski definition) is 2. The van der Waals surface area contributed by atoms with Gasteiger partial charge < -0.3 is 5.32 Å². The zero-order chi connectivity index (χ0) is 12.1. The smallest absolute Gasteiger partial charge is 0.0570 e. The average Bonchev–Trinajstić information content (AvgIpc) is 2.39. The lowest BCUT2D eigenvalue weighted by atomic mass is 10.2. The molecule has 1 aromatic heterocycles. The number of hydrogen-bond donors (Lipinski definition) is 1. The molecule has 0 aliphatic carbocycles. The summed E-state index contributed by atoms with van der Waals surface area (Å²) in [5.41, 5.74) is 2.38. The first-order chi connectivity index (χ1) is 8.25. The van der Waals surface area contributed by atoms with Crippen molar-refractivity contribution >= 4 is 22.6 Å². The Hall–Kier alpha value is -0.940. The monoisotopic (exact) mass is 338 g/mol. The first-order valence-corrected chi connectivity index (χ1v) is 6.72. The van der Waals surface area contributed by atoms with E-state index in [2.05, 4.69) is 64.1 Å². The van der Waals surface area contributed by atoms with E-state index in [0.717, 1.165) is 12.2 Å². The molecule has 17 heavy (non-hydrogen) atoms. The van der Waals surface area contributed by atoms with Gasteiger partial charge in [0.15, 0.2) is 0 Å². The fourth-order valence-corrected chi connectivity index (χ4v) is 1.97. The number of rotatable bonds is 4. The normalized spacial score (nSPS) is 12.4. The summed E-state index contributed by atoms with van der Waals surface area (Å²) < 4.78 is 1.27. The summed E-state index contributed by atoms with van der Waals surface area (Å²) in [7, 11) is 0. The molecule has 0 aliphatic heterocycles. The number of benzene rings is 1. The Morgan fingerprint density at radius 2 is 1.94 bits per heavy atom. The zero-order valence-electron chi connectivity index (χ0n) is 9.73. The fraction of sp³-hybridized carbons (Fsp3) is 0.214. The van der Waals surface area contributed by atoms with E-state index in [0.29, 0.717) is 0 Å². The molecule has 3 heteroatoms. The van der Waals surface area contributed by atoms with Crippen molar-refractivity contribution in [1.29, 1.82) is 0 Å². The molecule has 1 atom stereocenters. The number of halogens is 1. The molecule has 2 rings (SSSR count). The van der Waals surface area contributed by atoms with Crippen molar-refractivity contribution in [3.8, 4) is 0 Å². The third kappa shape index (κ3) is 3.78. The van der Waals surface area contributed by atoms with Crippen LogP contribution >= 0.6 is 22.6 Å². The van der Waals surface area contributed by atoms with Gasteiger partial charge in [0.1, 0.15) is 0 Å². The minimum atomic E-state index is 0.274. The van der Waals surface area contributed by atoms with E-state index < -0.39 is 0 Å². The lowest BCUT2D eigenvalue weighted by Gasteiger charge is -2.13. The van der Waals surface area contributed by atoms with E-state index in [9.17, 15) is 0 Å². The first-order valence-electron chi connectivity index (χ1n) is 5.64. The molecular weight excluding hydrogens is 323 g/mol. The maximum absolute atomic E-state index is 4.34. The van der Waals surface area contributed by atoms with Crippen molar-refractivity contribution in [3.05, 3.63) is 63.5 Å². The Labute approximate surface area is 116 Å². The minimum absolute atomic E-state index is 0.274. The van der Waals surface area contributed by atoms with Gasteiger partial charge in [0, 0.05) is 22.4 Å². The van der Waals surface area contributed by atoms with Crippen LogP contribution in [-0.2, 0) is 6.54 Å². The number of nitrogens with zero attached hydrogens (tertiary/aromatic N) is 1. The van der Waals surface area contributed by atoms with Crippen LogP contribution in [0.3, 0.4) is 0 Å². The summed E-state index contributed by atoms with van der Waals surface area (Å²) in [5.74, 6) is 0. The molecule has 0 aliphatic rings. The quantitative estimate of drug-likeness (QED) is 0.863. The topological polar surface area (TPSA) is 24.9 Å². The second kappa shape index (κ2) is 6.12. The van der Waals surface area contributed by atoms with Gasteiger partial charge in [-0.3, -0.25) is 4.98 Å². The fourth-order valence-electron chi connectivity index (χ4n) is 1.61. The van der Waals surface area contributed by atoms with Gasteiger partial charge in [-0.25, -0.2) is 0 Å². The van der Waals surface area contributed by atoms with Gasteiger partial charge in [0.25, 0.3) is 0 Å². The van der Waals surface area contributed by atoms with Crippen LogP contribution in [-0.4, -0.2) is 4.98 Å². The van der Waals surface area contributed by atoms with E-state index in [4.69, 9.17) is 0 Å². The zero-order valence-corrected chi connectivity index (χ0v) is 11.9. The van der Waals surface area contributed by atoms with E-state index in [1.165, 1.54) is 9.13 Å². The van der Waals surface area contributed by atoms with E-state index in [1.807, 2.05) is 24.4 Å². The third-order valence-corrected chi connectivity index (χ3v) is 3.38. The summed E-state index contributed by atoms with van der Waals surface area (Å²) in [6.45, 7) is 3.00. The molecule has 1 aromatic carbocycles. The Balaban J connectivity index is 1.92. The predicted octanol–water partition coefficient (Wildman–Crippen LogP) is 3.54. The van der Waals surface area contributed by atoms with E-state index in [1.54, 1.807) is 0 Å². The van der Waals surface area contributed by atoms with Crippen LogP contribution in [0.2, 0.25) is 0 Å². The number of aromatic nitrogens is 1. The molecule has 0 fully saturated rings. The van der Waals surface area contributed by atoms with Gasteiger partial charge >= 0.3 is 0 Å². The van der Waals surface area contributed by atoms with E-state index in [-0.39, 0.29) is 6.04 Å². The summed E-state index contributed by atoms with van der Waals surface area (Å²) in [4.78, 5) is 4.34. The summed E-state index contributed by atoms with van der Waals surface area (Å²) in [5, 5.41) is 3.47. The predicted molar refractivity (Wildman–Crippen MR) is 78.7 cm³/mol. The Morgan fingerprint density at radius 3 is 2.59 bits per heavy atom. The second-order valence-corrected chi connectivity index (χ2v) is 5.23. The Morgan fingerprint density at radius 1 is 1.18 bits per heavy atom. The van der Waals surface area contributed by atoms with Gasteiger partial charge in [-0.1, -0.05) is 18.2 Å². The molecule has 2 aromatic rings. The molecule has 88 valence electrons. The van der Waals surface area contributed by atoms with Crippen LogP contribution < -0.4 is 5.32 Å². The van der Waals surface area contributed by atoms with Crippen LogP contribution in [0.5, 0.6) is 0 Å². The summed E-state index contributed by atoms with van der Waals surface area (Å²) >= 11 is 2.32. The maximum atomic E-state index is 4.34. The molecule has 0 radical (unpaired) electrons. The van der Waals surface area contributed by atoms with Crippen LogP contribution in [0.25, 0.3) is 0 Å². The van der Waals surface area contributed by atoms with Crippen molar-refractivity contribution in [3.63, 3.8) is 0 Å². The van der Waals surface area contributed by atoms with Crippen LogP contribution in [0.1, 0.15) is 24.2 Å². The molecule has 2 nitrogen and oxygen atoms in total. The molecule has 0 unspecified atom stereocenters. The standard InChI is InChI=1S/C14H15IN2/c1-11(14-4-2-3-9-16-14)17-10-12-5-7-13(15)8-6-12/h2-9,11,17H,10H2,1H3/t11-/m0/s1. The van der Waals surface area contributed by atoms with Gasteiger partial charge in [0.05, 0.1) is 5.69 Å². The Kier molecular flexibility index (Phi) is 4.50. The van der Waals surface area contributed by atoms with Crippen molar-refractivity contribution in [1.82, 2.24) is 10.3 Å². The van der Waals surface area contributed by atoms with Crippen LogP contribution in [0.4, 0.5) is 0 Å². The molecule has 0 spiro atoms. The van der Waals surface area contributed by atoms with Crippen molar-refractivity contribution in [2.24, 2.45) is 0 Å². The first kappa shape index (κ1) is 12.5. The largest absolute Gasteiger partial charge is 0.305 e. The van der Waals surface area contributed by atoms with Crippen LogP contribution in [0.15, 0.2) is 48.7 Å². The molecule has 0 bridgehead atoms. The molecule has 1 heterocycles. The van der Waals surface area contributed by atoms with Crippen LogP contribution in [0, 0.1) is 3.57 Å². The average molecular weight is 338 g/mol. The third-order valence-electron chi connectivity index (χ3n) is 2.66. The molecular formula is C14H15IN2. The molecule has 1 N–H and O–H groups in total.